The number of hydrogen-bond acceptors (Lipinski definition) is 2. The first-order valence-electron chi connectivity index (χ1n) is 3.50. The Kier molecular flexibility index (Phi) is 3.63. The maximum atomic E-state index is 5.73. The third-order valence-corrected chi connectivity index (χ3v) is 1.74. The van der Waals surface area contributed by atoms with Crippen LogP contribution in [0.2, 0.25) is 0 Å². The molecule has 0 aromatic carbocycles. The summed E-state index contributed by atoms with van der Waals surface area (Å²) in [7, 11) is 0. The van der Waals surface area contributed by atoms with Crippen molar-refractivity contribution in [1.82, 2.24) is 0 Å². The van der Waals surface area contributed by atoms with E-state index in [0.717, 1.165) is 19.4 Å². The highest BCUT2D eigenvalue weighted by Crippen LogP contribution is 2.22. The number of nitrogens with two attached hydrogens (primary N) is 1. The van der Waals surface area contributed by atoms with E-state index >= 15 is 0 Å². The van der Waals surface area contributed by atoms with Gasteiger partial charge in [-0.3, -0.25) is 0 Å². The lowest BCUT2D eigenvalue weighted by Gasteiger charge is -2.33. The molecule has 1 rings (SSSR count). The molecule has 1 heterocycles. The average Bonchev–Trinajstić information content (AvgIpc) is 1.60. The second-order valence-corrected chi connectivity index (χ2v) is 3.36. The third kappa shape index (κ3) is 2.86. The molecule has 0 radical (unpaired) electrons. The van der Waals surface area contributed by atoms with Crippen molar-refractivity contribution in [2.24, 2.45) is 5.73 Å². The van der Waals surface area contributed by atoms with E-state index in [0.29, 0.717) is 6.04 Å². The van der Waals surface area contributed by atoms with Crippen LogP contribution in [-0.4, -0.2) is 18.2 Å². The highest BCUT2D eigenvalue weighted by atomic mass is 35.5. The van der Waals surface area contributed by atoms with E-state index in [9.17, 15) is 0 Å². The molecule has 0 amide bonds. The van der Waals surface area contributed by atoms with Gasteiger partial charge < -0.3 is 10.5 Å². The van der Waals surface area contributed by atoms with Crippen LogP contribution in [0.3, 0.4) is 0 Å². The Morgan fingerprint density at radius 1 is 1.50 bits per heavy atom. The van der Waals surface area contributed by atoms with E-state index in [2.05, 4.69) is 13.8 Å². The molecule has 1 aliphatic rings. The Hall–Kier alpha value is 0.210. The molecule has 10 heavy (non-hydrogen) atoms. The monoisotopic (exact) mass is 165 g/mol. The van der Waals surface area contributed by atoms with Gasteiger partial charge in [-0.25, -0.2) is 0 Å². The molecule has 0 aromatic heterocycles. The summed E-state index contributed by atoms with van der Waals surface area (Å²) in [5.74, 6) is 0. The van der Waals surface area contributed by atoms with Crippen LogP contribution in [-0.2, 0) is 4.74 Å². The zero-order valence-corrected chi connectivity index (χ0v) is 7.41. The molecule has 62 valence electrons. The summed E-state index contributed by atoms with van der Waals surface area (Å²) in [6.45, 7) is 5.01. The van der Waals surface area contributed by atoms with Crippen LogP contribution < -0.4 is 5.73 Å². The maximum absolute atomic E-state index is 5.73. The highest BCUT2D eigenvalue weighted by molar-refractivity contribution is 5.85. The van der Waals surface area contributed by atoms with E-state index in [4.69, 9.17) is 10.5 Å². The van der Waals surface area contributed by atoms with Crippen LogP contribution in [0.5, 0.6) is 0 Å². The van der Waals surface area contributed by atoms with Crippen molar-refractivity contribution < 1.29 is 4.74 Å². The van der Waals surface area contributed by atoms with E-state index in [1.165, 1.54) is 0 Å². The summed E-state index contributed by atoms with van der Waals surface area (Å²) in [6.07, 6.45) is 2.01. The van der Waals surface area contributed by atoms with Crippen molar-refractivity contribution in [3.05, 3.63) is 0 Å². The van der Waals surface area contributed by atoms with Gasteiger partial charge in [0.05, 0.1) is 5.60 Å². The number of halogens is 1. The lowest BCUT2D eigenvalue weighted by Crippen LogP contribution is -2.40. The van der Waals surface area contributed by atoms with Gasteiger partial charge in [0.15, 0.2) is 0 Å². The van der Waals surface area contributed by atoms with E-state index in [1.807, 2.05) is 0 Å². The van der Waals surface area contributed by atoms with Crippen LogP contribution in [0.15, 0.2) is 0 Å². The predicted octanol–water partition coefficient (Wildman–Crippen LogP) is 1.32. The van der Waals surface area contributed by atoms with Crippen LogP contribution in [0.4, 0.5) is 0 Å². The zero-order valence-electron chi connectivity index (χ0n) is 6.59. The lowest BCUT2D eigenvalue weighted by molar-refractivity contribution is -0.0578. The van der Waals surface area contributed by atoms with Crippen molar-refractivity contribution in [2.45, 2.75) is 38.3 Å². The Balaban J connectivity index is 0.000000810. The first kappa shape index (κ1) is 10.2. The molecule has 0 saturated carbocycles. The normalized spacial score (nSPS) is 30.9. The van der Waals surface area contributed by atoms with Crippen LogP contribution in [0.1, 0.15) is 26.7 Å². The molecule has 0 unspecified atom stereocenters. The summed E-state index contributed by atoms with van der Waals surface area (Å²) < 4.78 is 5.46. The summed E-state index contributed by atoms with van der Waals surface area (Å²) in [5.41, 5.74) is 5.76. The number of ether oxygens (including phenoxy) is 1. The minimum atomic E-state index is 0. The van der Waals surface area contributed by atoms with Gasteiger partial charge in [-0.2, -0.15) is 0 Å². The van der Waals surface area contributed by atoms with E-state index in [1.54, 1.807) is 0 Å². The minimum absolute atomic E-state index is 0. The third-order valence-electron chi connectivity index (χ3n) is 1.74. The van der Waals surface area contributed by atoms with E-state index in [-0.39, 0.29) is 18.0 Å². The average molecular weight is 166 g/mol. The molecule has 3 heteroatoms. The van der Waals surface area contributed by atoms with Gasteiger partial charge >= 0.3 is 0 Å². The van der Waals surface area contributed by atoms with Crippen molar-refractivity contribution in [3.8, 4) is 0 Å². The van der Waals surface area contributed by atoms with Crippen molar-refractivity contribution >= 4 is 12.4 Å². The predicted molar refractivity (Wildman–Crippen MR) is 44.5 cm³/mol. The van der Waals surface area contributed by atoms with Gasteiger partial charge in [0, 0.05) is 12.6 Å². The smallest absolute Gasteiger partial charge is 0.0641 e. The molecule has 1 aliphatic heterocycles. The molecule has 2 nitrogen and oxygen atoms in total. The molecular formula is C7H16ClNO. The van der Waals surface area contributed by atoms with Crippen molar-refractivity contribution in [2.75, 3.05) is 6.61 Å². The standard InChI is InChI=1S/C7H15NO.ClH/c1-7(2)5-6(8)3-4-9-7;/h6H,3-5,8H2,1-2H3;1H/t6-;/m0./s1. The van der Waals surface area contributed by atoms with Gasteiger partial charge in [-0.05, 0) is 26.7 Å². The second kappa shape index (κ2) is 3.56. The molecule has 0 aliphatic carbocycles. The van der Waals surface area contributed by atoms with E-state index < -0.39 is 0 Å². The van der Waals surface area contributed by atoms with Gasteiger partial charge in [0.2, 0.25) is 0 Å². The molecule has 1 fully saturated rings. The topological polar surface area (TPSA) is 35.2 Å². The second-order valence-electron chi connectivity index (χ2n) is 3.36. The van der Waals surface area contributed by atoms with Gasteiger partial charge in [0.1, 0.15) is 0 Å². The number of rotatable bonds is 0. The summed E-state index contributed by atoms with van der Waals surface area (Å²) in [5, 5.41) is 0. The first-order valence-corrected chi connectivity index (χ1v) is 3.50. The fourth-order valence-corrected chi connectivity index (χ4v) is 1.28. The Morgan fingerprint density at radius 2 is 2.10 bits per heavy atom. The zero-order chi connectivity index (χ0) is 6.91. The Labute approximate surface area is 68.5 Å². The molecule has 1 atom stereocenters. The minimum Gasteiger partial charge on any atom is -0.375 e. The van der Waals surface area contributed by atoms with Crippen LogP contribution in [0.25, 0.3) is 0 Å². The summed E-state index contributed by atoms with van der Waals surface area (Å²) >= 11 is 0. The molecule has 0 aromatic rings. The highest BCUT2D eigenvalue weighted by Gasteiger charge is 2.26. The van der Waals surface area contributed by atoms with Gasteiger partial charge in [-0.15, -0.1) is 12.4 Å². The SMILES string of the molecule is CC1(C)C[C@@H](N)CCO1.Cl. The quantitative estimate of drug-likeness (QED) is 0.588. The van der Waals surface area contributed by atoms with Crippen LogP contribution in [0, 0.1) is 0 Å². The fourth-order valence-electron chi connectivity index (χ4n) is 1.28. The van der Waals surface area contributed by atoms with Crippen molar-refractivity contribution in [3.63, 3.8) is 0 Å². The summed E-state index contributed by atoms with van der Waals surface area (Å²) in [4.78, 5) is 0. The molecule has 0 spiro atoms. The van der Waals surface area contributed by atoms with Crippen LogP contribution >= 0.6 is 12.4 Å². The van der Waals surface area contributed by atoms with Gasteiger partial charge in [-0.1, -0.05) is 0 Å². The fraction of sp³-hybridized carbons (Fsp3) is 1.00. The Morgan fingerprint density at radius 3 is 2.40 bits per heavy atom. The summed E-state index contributed by atoms with van der Waals surface area (Å²) in [6, 6.07) is 0.355. The molecule has 2 N–H and O–H groups in total. The first-order chi connectivity index (χ1) is 4.10. The maximum Gasteiger partial charge on any atom is 0.0641 e. The molecular weight excluding hydrogens is 150 g/mol. The Bertz CT molecular complexity index is 106. The van der Waals surface area contributed by atoms with Crippen molar-refractivity contribution in [1.29, 1.82) is 0 Å². The lowest BCUT2D eigenvalue weighted by atomic mass is 9.95. The molecule has 0 bridgehead atoms. The molecule has 1 saturated heterocycles. The largest absolute Gasteiger partial charge is 0.375 e. The van der Waals surface area contributed by atoms with Gasteiger partial charge in [0.25, 0.3) is 0 Å². The number of hydrogen-bond donors (Lipinski definition) is 1.